The van der Waals surface area contributed by atoms with E-state index in [1.165, 1.54) is 4.90 Å². The van der Waals surface area contributed by atoms with Crippen molar-refractivity contribution in [1.29, 1.82) is 0 Å². The first kappa shape index (κ1) is 10.7. The van der Waals surface area contributed by atoms with Crippen molar-refractivity contribution in [2.75, 3.05) is 0 Å². The molecule has 2 rings (SSSR count). The first-order valence-corrected chi connectivity index (χ1v) is 5.76. The van der Waals surface area contributed by atoms with E-state index in [0.29, 0.717) is 4.48 Å². The van der Waals surface area contributed by atoms with Crippen LogP contribution in [0.4, 0.5) is 0 Å². The van der Waals surface area contributed by atoms with Crippen molar-refractivity contribution < 1.29 is 14.7 Å². The minimum atomic E-state index is -1.03. The van der Waals surface area contributed by atoms with Crippen LogP contribution in [-0.2, 0) is 9.59 Å². The summed E-state index contributed by atoms with van der Waals surface area (Å²) in [6, 6.07) is 0.0444. The third-order valence-electron chi connectivity index (χ3n) is 3.29. The van der Waals surface area contributed by atoms with Crippen LogP contribution in [0.3, 0.4) is 0 Å². The lowest BCUT2D eigenvalue weighted by atomic mass is 9.81. The molecule has 3 unspecified atom stereocenters. The van der Waals surface area contributed by atoms with E-state index in [2.05, 4.69) is 15.9 Å². The minimum absolute atomic E-state index is 0.00981. The van der Waals surface area contributed by atoms with E-state index in [4.69, 9.17) is 5.11 Å². The summed E-state index contributed by atoms with van der Waals surface area (Å²) in [5.41, 5.74) is 0.127. The molecule has 0 aromatic carbocycles. The number of carbonyl (C=O) groups is 2. The quantitative estimate of drug-likeness (QED) is 0.777. The van der Waals surface area contributed by atoms with Gasteiger partial charge in [-0.05, 0) is 6.42 Å². The number of aliphatic carboxylic acids is 1. The van der Waals surface area contributed by atoms with E-state index in [1.807, 2.05) is 13.8 Å². The molecule has 0 aromatic heterocycles. The van der Waals surface area contributed by atoms with Crippen LogP contribution >= 0.6 is 15.9 Å². The summed E-state index contributed by atoms with van der Waals surface area (Å²) in [6.45, 7) is 3.91. The maximum absolute atomic E-state index is 11.7. The van der Waals surface area contributed by atoms with Crippen molar-refractivity contribution in [3.05, 3.63) is 10.2 Å². The Labute approximate surface area is 96.1 Å². The van der Waals surface area contributed by atoms with Gasteiger partial charge in [-0.25, -0.2) is 4.79 Å². The number of hydrogen-bond donors (Lipinski definition) is 1. The van der Waals surface area contributed by atoms with Gasteiger partial charge in [-0.1, -0.05) is 29.8 Å². The fourth-order valence-electron chi connectivity index (χ4n) is 2.50. The van der Waals surface area contributed by atoms with Crippen LogP contribution < -0.4 is 0 Å². The van der Waals surface area contributed by atoms with E-state index >= 15 is 0 Å². The van der Waals surface area contributed by atoms with Gasteiger partial charge in [-0.15, -0.1) is 0 Å². The van der Waals surface area contributed by atoms with E-state index in [-0.39, 0.29) is 29.5 Å². The Morgan fingerprint density at radius 1 is 1.60 bits per heavy atom. The molecule has 2 heterocycles. The van der Waals surface area contributed by atoms with Gasteiger partial charge in [0.25, 0.3) is 0 Å². The molecule has 1 amide bonds. The number of rotatable bonds is 2. The molecule has 82 valence electrons. The average molecular weight is 274 g/mol. The first-order chi connectivity index (χ1) is 7.00. The van der Waals surface area contributed by atoms with Crippen molar-refractivity contribution in [2.24, 2.45) is 11.8 Å². The van der Waals surface area contributed by atoms with E-state index in [9.17, 15) is 9.59 Å². The van der Waals surface area contributed by atoms with Crippen LogP contribution in [0.1, 0.15) is 20.3 Å². The van der Waals surface area contributed by atoms with Crippen LogP contribution in [0, 0.1) is 11.8 Å². The number of carboxylic acid groups (broad SMARTS) is 1. The molecule has 1 fully saturated rings. The summed E-state index contributed by atoms with van der Waals surface area (Å²) in [4.78, 5) is 24.1. The Balaban J connectivity index is 2.37. The molecule has 5 heteroatoms. The highest BCUT2D eigenvalue weighted by molar-refractivity contribution is 9.11. The Hall–Kier alpha value is -0.840. The highest BCUT2D eigenvalue weighted by atomic mass is 79.9. The predicted octanol–water partition coefficient (Wildman–Crippen LogP) is 1.56. The molecule has 15 heavy (non-hydrogen) atoms. The summed E-state index contributed by atoms with van der Waals surface area (Å²) < 4.78 is 0.643. The molecule has 0 aromatic rings. The third-order valence-corrected chi connectivity index (χ3v) is 4.38. The van der Waals surface area contributed by atoms with E-state index in [1.54, 1.807) is 0 Å². The maximum atomic E-state index is 11.7. The van der Waals surface area contributed by atoms with Crippen LogP contribution in [0.25, 0.3) is 0 Å². The molecule has 4 nitrogen and oxygen atoms in total. The molecular formula is C10H12BrNO3. The summed E-state index contributed by atoms with van der Waals surface area (Å²) >= 11 is 3.28. The molecule has 1 saturated heterocycles. The lowest BCUT2D eigenvalue weighted by Crippen LogP contribution is -2.60. The topological polar surface area (TPSA) is 57.6 Å². The van der Waals surface area contributed by atoms with Gasteiger partial charge in [-0.2, -0.15) is 0 Å². The molecule has 2 aliphatic heterocycles. The second-order valence-electron chi connectivity index (χ2n) is 4.00. The molecule has 0 spiro atoms. The van der Waals surface area contributed by atoms with Crippen molar-refractivity contribution in [1.82, 2.24) is 4.90 Å². The number of carbonyl (C=O) groups excluding carboxylic acids is 1. The Morgan fingerprint density at radius 3 is 2.67 bits per heavy atom. The lowest BCUT2D eigenvalue weighted by molar-refractivity contribution is -0.156. The second kappa shape index (κ2) is 3.33. The SMILES string of the molecule is CCC1C(=O)N2C(C(=O)O)=C(Br)C(C)C12. The monoisotopic (exact) mass is 273 g/mol. The summed E-state index contributed by atoms with van der Waals surface area (Å²) in [7, 11) is 0. The third kappa shape index (κ3) is 1.19. The Bertz CT molecular complexity index is 377. The Morgan fingerprint density at radius 2 is 2.20 bits per heavy atom. The summed E-state index contributed by atoms with van der Waals surface area (Å²) in [6.07, 6.45) is 0.775. The van der Waals surface area contributed by atoms with Gasteiger partial charge in [0.15, 0.2) is 0 Å². The van der Waals surface area contributed by atoms with Crippen molar-refractivity contribution in [3.8, 4) is 0 Å². The number of fused-ring (bicyclic) bond motifs is 1. The predicted molar refractivity (Wildman–Crippen MR) is 57.2 cm³/mol. The van der Waals surface area contributed by atoms with Gasteiger partial charge in [0, 0.05) is 10.4 Å². The number of halogens is 1. The molecule has 3 atom stereocenters. The van der Waals surface area contributed by atoms with Crippen LogP contribution in [-0.4, -0.2) is 27.9 Å². The molecule has 1 N–H and O–H groups in total. The largest absolute Gasteiger partial charge is 0.477 e. The standard InChI is InChI=1S/C10H12BrNO3/c1-3-5-7-4(2)6(11)8(10(14)15)12(7)9(5)13/h4-5,7H,3H2,1-2H3,(H,14,15). The lowest BCUT2D eigenvalue weighted by Gasteiger charge is -2.44. The molecule has 0 aliphatic carbocycles. The number of nitrogens with zero attached hydrogens (tertiary/aromatic N) is 1. The fourth-order valence-corrected chi connectivity index (χ4v) is 3.13. The minimum Gasteiger partial charge on any atom is -0.477 e. The van der Waals surface area contributed by atoms with Crippen LogP contribution in [0.2, 0.25) is 0 Å². The molecule has 0 saturated carbocycles. The van der Waals surface area contributed by atoms with Crippen LogP contribution in [0.5, 0.6) is 0 Å². The highest BCUT2D eigenvalue weighted by Gasteiger charge is 2.57. The zero-order valence-electron chi connectivity index (χ0n) is 8.53. The molecule has 2 aliphatic rings. The maximum Gasteiger partial charge on any atom is 0.353 e. The smallest absolute Gasteiger partial charge is 0.353 e. The summed E-state index contributed by atoms with van der Waals surface area (Å²) in [5.74, 6) is -0.997. The number of amides is 1. The van der Waals surface area contributed by atoms with Gasteiger partial charge < -0.3 is 10.0 Å². The van der Waals surface area contributed by atoms with Crippen molar-refractivity contribution in [3.63, 3.8) is 0 Å². The van der Waals surface area contributed by atoms with Gasteiger partial charge in [0.05, 0.1) is 12.0 Å². The fraction of sp³-hybridized carbons (Fsp3) is 0.600. The average Bonchev–Trinajstić information content (AvgIpc) is 2.40. The molecular weight excluding hydrogens is 262 g/mol. The number of hydrogen-bond acceptors (Lipinski definition) is 2. The van der Waals surface area contributed by atoms with Crippen LogP contribution in [0.15, 0.2) is 10.2 Å². The Kier molecular flexibility index (Phi) is 2.37. The number of β-lactam (4-membered cyclic amide) rings is 1. The van der Waals surface area contributed by atoms with E-state index in [0.717, 1.165) is 6.42 Å². The molecule has 0 radical (unpaired) electrons. The zero-order chi connectivity index (χ0) is 11.3. The van der Waals surface area contributed by atoms with E-state index < -0.39 is 5.97 Å². The zero-order valence-corrected chi connectivity index (χ0v) is 10.1. The highest BCUT2D eigenvalue weighted by Crippen LogP contribution is 2.48. The first-order valence-electron chi connectivity index (χ1n) is 4.96. The second-order valence-corrected chi connectivity index (χ2v) is 4.86. The number of carboxylic acids is 1. The van der Waals surface area contributed by atoms with Crippen molar-refractivity contribution >= 4 is 27.8 Å². The van der Waals surface area contributed by atoms with Gasteiger partial charge >= 0.3 is 5.97 Å². The van der Waals surface area contributed by atoms with Gasteiger partial charge in [-0.3, -0.25) is 4.79 Å². The summed E-state index contributed by atoms with van der Waals surface area (Å²) in [5, 5.41) is 9.02. The van der Waals surface area contributed by atoms with Crippen molar-refractivity contribution in [2.45, 2.75) is 26.3 Å². The molecule has 0 bridgehead atoms. The normalized spacial score (nSPS) is 34.2. The van der Waals surface area contributed by atoms with Gasteiger partial charge in [0.1, 0.15) is 5.70 Å². The van der Waals surface area contributed by atoms with Gasteiger partial charge in [0.2, 0.25) is 5.91 Å².